The van der Waals surface area contributed by atoms with Gasteiger partial charge >= 0.3 is 0 Å². The lowest BCUT2D eigenvalue weighted by atomic mass is 10.1. The van der Waals surface area contributed by atoms with Gasteiger partial charge in [0.2, 0.25) is 0 Å². The summed E-state index contributed by atoms with van der Waals surface area (Å²) < 4.78 is 10.7. The third kappa shape index (κ3) is 3.23. The van der Waals surface area contributed by atoms with Crippen molar-refractivity contribution in [2.45, 2.75) is 25.7 Å². The van der Waals surface area contributed by atoms with Gasteiger partial charge in [-0.3, -0.25) is 4.98 Å². The monoisotopic (exact) mass is 329 g/mol. The molecule has 1 aromatic rings. The number of aryl methyl sites for hydroxylation is 1. The number of rotatable bonds is 4. The summed E-state index contributed by atoms with van der Waals surface area (Å²) in [5, 5.41) is 0.758. The fraction of sp³-hybridized carbons (Fsp3) is 0.353. The number of nitrogens with zero attached hydrogens (tertiary/aromatic N) is 3. The molecule has 0 bridgehead atoms. The molecule has 0 aromatic carbocycles. The van der Waals surface area contributed by atoms with E-state index in [-0.39, 0.29) is 6.10 Å². The first-order chi connectivity index (χ1) is 11.1. The Kier molecular flexibility index (Phi) is 4.63. The van der Waals surface area contributed by atoms with E-state index in [0.29, 0.717) is 5.75 Å². The molecule has 0 radical (unpaired) electrons. The number of ether oxygens (including phenoxy) is 2. The minimum Gasteiger partial charge on any atom is -0.496 e. The van der Waals surface area contributed by atoms with E-state index in [1.54, 1.807) is 26.0 Å². The van der Waals surface area contributed by atoms with Gasteiger partial charge < -0.3 is 9.47 Å². The Bertz CT molecular complexity index is 750. The summed E-state index contributed by atoms with van der Waals surface area (Å²) in [5.74, 6) is 1.61. The van der Waals surface area contributed by atoms with Gasteiger partial charge in [0.05, 0.1) is 30.3 Å². The summed E-state index contributed by atoms with van der Waals surface area (Å²) in [6.45, 7) is 4.03. The van der Waals surface area contributed by atoms with Crippen LogP contribution < -0.4 is 4.74 Å². The highest BCUT2D eigenvalue weighted by Crippen LogP contribution is 2.29. The molecule has 2 heterocycles. The van der Waals surface area contributed by atoms with E-state index in [1.807, 2.05) is 38.3 Å². The van der Waals surface area contributed by atoms with E-state index in [4.69, 9.17) is 9.47 Å². The maximum Gasteiger partial charge on any atom is 0.189 e. The molecule has 1 atom stereocenters. The van der Waals surface area contributed by atoms with E-state index in [9.17, 15) is 0 Å². The lowest BCUT2D eigenvalue weighted by molar-refractivity contribution is 0.177. The minimum absolute atomic E-state index is 0.0256. The first kappa shape index (κ1) is 16.0. The lowest BCUT2D eigenvalue weighted by Gasteiger charge is -2.11. The second-order valence-electron chi connectivity index (χ2n) is 5.34. The summed E-state index contributed by atoms with van der Waals surface area (Å²) in [7, 11) is 3.37. The molecule has 0 saturated carbocycles. The van der Waals surface area contributed by atoms with Crippen LogP contribution in [0.3, 0.4) is 0 Å². The largest absolute Gasteiger partial charge is 0.496 e. The van der Waals surface area contributed by atoms with Crippen LogP contribution >= 0.6 is 11.8 Å². The van der Waals surface area contributed by atoms with Crippen LogP contribution in [0.2, 0.25) is 0 Å². The second kappa shape index (κ2) is 6.68. The molecular weight excluding hydrogens is 310 g/mol. The molecule has 0 fully saturated rings. The molecule has 3 rings (SSSR count). The summed E-state index contributed by atoms with van der Waals surface area (Å²) in [4.78, 5) is 13.6. The van der Waals surface area contributed by atoms with Crippen LogP contribution in [0.4, 0.5) is 0 Å². The third-order valence-corrected chi connectivity index (χ3v) is 4.68. The molecule has 1 unspecified atom stereocenters. The van der Waals surface area contributed by atoms with Crippen LogP contribution in [0, 0.1) is 13.8 Å². The average molecular weight is 329 g/mol. The van der Waals surface area contributed by atoms with Crippen LogP contribution in [0.15, 0.2) is 40.1 Å². The molecule has 2 aliphatic rings. The first-order valence-corrected chi connectivity index (χ1v) is 8.33. The van der Waals surface area contributed by atoms with Gasteiger partial charge in [0.15, 0.2) is 5.17 Å². The van der Waals surface area contributed by atoms with Gasteiger partial charge in [-0.1, -0.05) is 11.8 Å². The van der Waals surface area contributed by atoms with Gasteiger partial charge in [-0.25, -0.2) is 9.98 Å². The van der Waals surface area contributed by atoms with Crippen LogP contribution in [0.1, 0.15) is 16.8 Å². The number of hydrogen-bond acceptors (Lipinski definition) is 6. The predicted molar refractivity (Wildman–Crippen MR) is 94.4 cm³/mol. The van der Waals surface area contributed by atoms with Crippen LogP contribution in [0.25, 0.3) is 0 Å². The molecule has 0 amide bonds. The first-order valence-electron chi connectivity index (χ1n) is 7.34. The van der Waals surface area contributed by atoms with E-state index >= 15 is 0 Å². The van der Waals surface area contributed by atoms with Crippen molar-refractivity contribution in [2.75, 3.05) is 14.2 Å². The number of pyridine rings is 1. The number of aromatic nitrogens is 1. The normalized spacial score (nSPS) is 19.1. The number of allylic oxidation sites excluding steroid dienone is 1. The Labute approximate surface area is 140 Å². The van der Waals surface area contributed by atoms with Crippen molar-refractivity contribution in [1.82, 2.24) is 4.98 Å². The molecule has 0 saturated heterocycles. The smallest absolute Gasteiger partial charge is 0.189 e. The van der Waals surface area contributed by atoms with Crippen molar-refractivity contribution >= 4 is 22.6 Å². The summed E-state index contributed by atoms with van der Waals surface area (Å²) in [5.41, 5.74) is 4.89. The highest BCUT2D eigenvalue weighted by molar-refractivity contribution is 8.13. The molecule has 1 aliphatic heterocycles. The van der Waals surface area contributed by atoms with Crippen molar-refractivity contribution in [3.63, 3.8) is 0 Å². The Morgan fingerprint density at radius 3 is 2.78 bits per heavy atom. The Balaban J connectivity index is 1.73. The molecule has 0 spiro atoms. The number of fused-ring (bicyclic) bond motifs is 1. The standard InChI is InChI=1S/C17H19N3O2S/c1-10-8-18-15(11(2)16(10)22-4)9-23-17-19-13-6-5-12(21-3)7-14(13)20-17/h5-8,12H,9H2,1-4H3. The van der Waals surface area contributed by atoms with Crippen molar-refractivity contribution in [1.29, 1.82) is 0 Å². The highest BCUT2D eigenvalue weighted by Gasteiger charge is 2.20. The molecule has 1 aliphatic carbocycles. The number of amidine groups is 1. The molecule has 23 heavy (non-hydrogen) atoms. The molecule has 6 heteroatoms. The van der Waals surface area contributed by atoms with Crippen LogP contribution in [-0.4, -0.2) is 36.2 Å². The Hall–Kier alpha value is -1.92. The Morgan fingerprint density at radius 1 is 1.22 bits per heavy atom. The third-order valence-electron chi connectivity index (χ3n) is 3.82. The van der Waals surface area contributed by atoms with Gasteiger partial charge in [0.1, 0.15) is 5.75 Å². The zero-order chi connectivity index (χ0) is 16.4. The molecule has 1 aromatic heterocycles. The predicted octanol–water partition coefficient (Wildman–Crippen LogP) is 3.22. The maximum atomic E-state index is 5.45. The molecule has 5 nitrogen and oxygen atoms in total. The van der Waals surface area contributed by atoms with Gasteiger partial charge in [-0.2, -0.15) is 0 Å². The van der Waals surface area contributed by atoms with E-state index < -0.39 is 0 Å². The van der Waals surface area contributed by atoms with Gasteiger partial charge in [0.25, 0.3) is 0 Å². The topological polar surface area (TPSA) is 56.1 Å². The summed E-state index contributed by atoms with van der Waals surface area (Å²) in [6.07, 6.45) is 7.73. The molecule has 0 N–H and O–H groups in total. The zero-order valence-corrected chi connectivity index (χ0v) is 14.5. The van der Waals surface area contributed by atoms with Crippen molar-refractivity contribution in [3.8, 4) is 5.75 Å². The van der Waals surface area contributed by atoms with Crippen molar-refractivity contribution in [3.05, 3.63) is 46.9 Å². The van der Waals surface area contributed by atoms with Crippen LogP contribution in [0.5, 0.6) is 5.75 Å². The lowest BCUT2D eigenvalue weighted by Crippen LogP contribution is -2.10. The summed E-state index contributed by atoms with van der Waals surface area (Å²) in [6, 6.07) is 0. The SMILES string of the molecule is COc1c(C)cnc(CSC2=NC3=CC(OC)C=CC3=N2)c1C. The molecule has 120 valence electrons. The van der Waals surface area contributed by atoms with E-state index in [2.05, 4.69) is 15.0 Å². The van der Waals surface area contributed by atoms with Gasteiger partial charge in [-0.05, 0) is 32.1 Å². The number of hydrogen-bond donors (Lipinski definition) is 0. The fourth-order valence-corrected chi connectivity index (χ4v) is 3.43. The number of thioether (sulfide) groups is 1. The average Bonchev–Trinajstić information content (AvgIpc) is 2.96. The highest BCUT2D eigenvalue weighted by atomic mass is 32.2. The minimum atomic E-state index is -0.0256. The maximum absolute atomic E-state index is 5.45. The fourth-order valence-electron chi connectivity index (χ4n) is 2.55. The van der Waals surface area contributed by atoms with E-state index in [1.165, 1.54) is 0 Å². The Morgan fingerprint density at radius 2 is 2.04 bits per heavy atom. The van der Waals surface area contributed by atoms with Gasteiger partial charge in [0, 0.05) is 30.2 Å². The number of methoxy groups -OCH3 is 2. The van der Waals surface area contributed by atoms with E-state index in [0.717, 1.165) is 39.1 Å². The molecular formula is C17H19N3O2S. The second-order valence-corrected chi connectivity index (χ2v) is 6.28. The van der Waals surface area contributed by atoms with Crippen LogP contribution in [-0.2, 0) is 10.5 Å². The van der Waals surface area contributed by atoms with Crippen molar-refractivity contribution in [2.24, 2.45) is 9.98 Å². The van der Waals surface area contributed by atoms with Gasteiger partial charge in [-0.15, -0.1) is 0 Å². The zero-order valence-electron chi connectivity index (χ0n) is 13.7. The number of aliphatic imine (C=N–C) groups is 2. The quantitative estimate of drug-likeness (QED) is 0.851. The summed E-state index contributed by atoms with van der Waals surface area (Å²) >= 11 is 1.58. The van der Waals surface area contributed by atoms with Crippen molar-refractivity contribution < 1.29 is 9.47 Å².